The predicted molar refractivity (Wildman–Crippen MR) is 113 cm³/mol. The molecule has 0 saturated carbocycles. The Hall–Kier alpha value is -0.0800. The highest BCUT2D eigenvalue weighted by Gasteiger charge is 2.02. The molecular formula is C23H49NO. The second-order valence-corrected chi connectivity index (χ2v) is 7.92. The SMILES string of the molecule is CCCCCCCCCCCCCNC(O)CCCCCCCCC. The second kappa shape index (κ2) is 22.0. The third-order valence-corrected chi connectivity index (χ3v) is 5.24. The largest absolute Gasteiger partial charge is 0.379 e. The number of aliphatic hydroxyl groups is 1. The third kappa shape index (κ3) is 21.9. The lowest BCUT2D eigenvalue weighted by Gasteiger charge is -2.12. The predicted octanol–water partition coefficient (Wildman–Crippen LogP) is 7.35. The van der Waals surface area contributed by atoms with E-state index in [4.69, 9.17) is 0 Å². The van der Waals surface area contributed by atoms with Gasteiger partial charge in [-0.3, -0.25) is 5.32 Å². The average molecular weight is 356 g/mol. The van der Waals surface area contributed by atoms with Crippen LogP contribution in [0.1, 0.15) is 136 Å². The van der Waals surface area contributed by atoms with Crippen molar-refractivity contribution in [3.63, 3.8) is 0 Å². The number of rotatable bonds is 21. The van der Waals surface area contributed by atoms with Gasteiger partial charge in [0.25, 0.3) is 0 Å². The van der Waals surface area contributed by atoms with Gasteiger partial charge in [0, 0.05) is 0 Å². The Kier molecular flexibility index (Phi) is 21.9. The molecule has 0 spiro atoms. The van der Waals surface area contributed by atoms with Crippen molar-refractivity contribution in [1.29, 1.82) is 0 Å². The van der Waals surface area contributed by atoms with E-state index < -0.39 is 0 Å². The normalized spacial score (nSPS) is 12.6. The molecule has 0 aliphatic carbocycles. The molecule has 0 bridgehead atoms. The van der Waals surface area contributed by atoms with Crippen LogP contribution in [0, 0.1) is 0 Å². The highest BCUT2D eigenvalue weighted by Crippen LogP contribution is 2.11. The van der Waals surface area contributed by atoms with E-state index in [0.717, 1.165) is 13.0 Å². The van der Waals surface area contributed by atoms with E-state index in [1.165, 1.54) is 116 Å². The number of hydrogen-bond donors (Lipinski definition) is 2. The molecular weight excluding hydrogens is 306 g/mol. The fourth-order valence-electron chi connectivity index (χ4n) is 3.45. The molecule has 25 heavy (non-hydrogen) atoms. The maximum atomic E-state index is 9.94. The monoisotopic (exact) mass is 355 g/mol. The minimum absolute atomic E-state index is 0.279. The number of nitrogens with one attached hydrogen (secondary N) is 1. The van der Waals surface area contributed by atoms with Crippen LogP contribution in [0.3, 0.4) is 0 Å². The Morgan fingerprint density at radius 1 is 0.520 bits per heavy atom. The van der Waals surface area contributed by atoms with Gasteiger partial charge >= 0.3 is 0 Å². The number of unbranched alkanes of at least 4 members (excludes halogenated alkanes) is 16. The molecule has 2 heteroatoms. The van der Waals surface area contributed by atoms with Crippen molar-refractivity contribution < 1.29 is 5.11 Å². The molecule has 0 radical (unpaired) electrons. The molecule has 2 nitrogen and oxygen atoms in total. The van der Waals surface area contributed by atoms with E-state index in [0.29, 0.717) is 0 Å². The van der Waals surface area contributed by atoms with Crippen molar-refractivity contribution in [2.24, 2.45) is 0 Å². The van der Waals surface area contributed by atoms with Crippen LogP contribution >= 0.6 is 0 Å². The summed E-state index contributed by atoms with van der Waals surface area (Å²) in [5, 5.41) is 13.2. The fourth-order valence-corrected chi connectivity index (χ4v) is 3.45. The molecule has 1 unspecified atom stereocenters. The van der Waals surface area contributed by atoms with Crippen LogP contribution in [0.2, 0.25) is 0 Å². The Morgan fingerprint density at radius 2 is 0.880 bits per heavy atom. The first-order chi connectivity index (χ1) is 12.3. The zero-order chi connectivity index (χ0) is 18.4. The molecule has 0 aliphatic heterocycles. The van der Waals surface area contributed by atoms with E-state index in [-0.39, 0.29) is 6.23 Å². The van der Waals surface area contributed by atoms with Gasteiger partial charge in [-0.25, -0.2) is 0 Å². The maximum Gasteiger partial charge on any atom is 0.104 e. The summed E-state index contributed by atoms with van der Waals surface area (Å²) in [4.78, 5) is 0. The minimum Gasteiger partial charge on any atom is -0.379 e. The van der Waals surface area contributed by atoms with Gasteiger partial charge in [-0.15, -0.1) is 0 Å². The Labute approximate surface area is 159 Å². The summed E-state index contributed by atoms with van der Waals surface area (Å²) in [5.41, 5.74) is 0. The molecule has 0 rings (SSSR count). The van der Waals surface area contributed by atoms with Gasteiger partial charge < -0.3 is 5.11 Å². The summed E-state index contributed by atoms with van der Waals surface area (Å²) in [6.07, 6.45) is 25.1. The molecule has 1 atom stereocenters. The summed E-state index contributed by atoms with van der Waals surface area (Å²) in [5.74, 6) is 0. The van der Waals surface area contributed by atoms with Crippen LogP contribution in [-0.4, -0.2) is 17.9 Å². The van der Waals surface area contributed by atoms with Crippen molar-refractivity contribution >= 4 is 0 Å². The lowest BCUT2D eigenvalue weighted by atomic mass is 10.1. The summed E-state index contributed by atoms with van der Waals surface area (Å²) < 4.78 is 0. The smallest absolute Gasteiger partial charge is 0.104 e. The lowest BCUT2D eigenvalue weighted by molar-refractivity contribution is 0.124. The summed E-state index contributed by atoms with van der Waals surface area (Å²) >= 11 is 0. The van der Waals surface area contributed by atoms with Crippen LogP contribution in [-0.2, 0) is 0 Å². The fraction of sp³-hybridized carbons (Fsp3) is 1.00. The first kappa shape index (κ1) is 24.9. The zero-order valence-corrected chi connectivity index (χ0v) is 17.7. The summed E-state index contributed by atoms with van der Waals surface area (Å²) in [6.45, 7) is 5.52. The van der Waals surface area contributed by atoms with Crippen LogP contribution in [0.5, 0.6) is 0 Å². The molecule has 0 aromatic heterocycles. The van der Waals surface area contributed by atoms with Gasteiger partial charge in [0.15, 0.2) is 0 Å². The van der Waals surface area contributed by atoms with Crippen LogP contribution < -0.4 is 5.32 Å². The number of aliphatic hydroxyl groups excluding tert-OH is 1. The topological polar surface area (TPSA) is 32.3 Å². The van der Waals surface area contributed by atoms with Gasteiger partial charge in [0.2, 0.25) is 0 Å². The summed E-state index contributed by atoms with van der Waals surface area (Å²) in [6, 6.07) is 0. The van der Waals surface area contributed by atoms with Crippen molar-refractivity contribution in [2.45, 2.75) is 142 Å². The molecule has 0 fully saturated rings. The van der Waals surface area contributed by atoms with Crippen molar-refractivity contribution in [3.05, 3.63) is 0 Å². The van der Waals surface area contributed by atoms with E-state index >= 15 is 0 Å². The summed E-state index contributed by atoms with van der Waals surface area (Å²) in [7, 11) is 0. The molecule has 0 aliphatic rings. The number of hydrogen-bond acceptors (Lipinski definition) is 2. The first-order valence-corrected chi connectivity index (χ1v) is 11.7. The van der Waals surface area contributed by atoms with Crippen LogP contribution in [0.15, 0.2) is 0 Å². The molecule has 0 aromatic rings. The van der Waals surface area contributed by atoms with Gasteiger partial charge in [0.1, 0.15) is 6.23 Å². The van der Waals surface area contributed by atoms with Crippen LogP contribution in [0.25, 0.3) is 0 Å². The zero-order valence-electron chi connectivity index (χ0n) is 17.7. The van der Waals surface area contributed by atoms with E-state index in [1.807, 2.05) is 0 Å². The van der Waals surface area contributed by atoms with Gasteiger partial charge in [-0.2, -0.15) is 0 Å². The van der Waals surface area contributed by atoms with Crippen molar-refractivity contribution in [3.8, 4) is 0 Å². The standard InChI is InChI=1S/C23H49NO/c1-3-5-7-9-11-12-13-14-16-18-20-22-24-23(25)21-19-17-15-10-8-6-4-2/h23-25H,3-22H2,1-2H3. The average Bonchev–Trinajstić information content (AvgIpc) is 2.62. The molecule has 0 saturated heterocycles. The molecule has 152 valence electrons. The molecule has 0 aromatic carbocycles. The minimum atomic E-state index is -0.279. The highest BCUT2D eigenvalue weighted by molar-refractivity contribution is 4.56. The maximum absolute atomic E-state index is 9.94. The highest BCUT2D eigenvalue weighted by atomic mass is 16.3. The van der Waals surface area contributed by atoms with E-state index in [2.05, 4.69) is 19.2 Å². The van der Waals surface area contributed by atoms with Gasteiger partial charge in [-0.1, -0.05) is 117 Å². The van der Waals surface area contributed by atoms with Gasteiger partial charge in [-0.05, 0) is 25.8 Å². The van der Waals surface area contributed by atoms with Crippen molar-refractivity contribution in [2.75, 3.05) is 6.54 Å². The Balaban J connectivity index is 3.11. The van der Waals surface area contributed by atoms with Gasteiger partial charge in [0.05, 0.1) is 0 Å². The first-order valence-electron chi connectivity index (χ1n) is 11.7. The third-order valence-electron chi connectivity index (χ3n) is 5.24. The molecule has 0 amide bonds. The van der Waals surface area contributed by atoms with E-state index in [1.54, 1.807) is 0 Å². The molecule has 0 heterocycles. The van der Waals surface area contributed by atoms with Crippen LogP contribution in [0.4, 0.5) is 0 Å². The Bertz CT molecular complexity index is 232. The van der Waals surface area contributed by atoms with Crippen molar-refractivity contribution in [1.82, 2.24) is 5.32 Å². The van der Waals surface area contributed by atoms with E-state index in [9.17, 15) is 5.11 Å². The second-order valence-electron chi connectivity index (χ2n) is 7.92. The quantitative estimate of drug-likeness (QED) is 0.167. The molecule has 2 N–H and O–H groups in total. The lowest BCUT2D eigenvalue weighted by Crippen LogP contribution is -2.29. The Morgan fingerprint density at radius 3 is 1.32 bits per heavy atom.